The molecule has 124 valence electrons. The van der Waals surface area contributed by atoms with Crippen LogP contribution in [0.2, 0.25) is 0 Å². The van der Waals surface area contributed by atoms with E-state index in [1.807, 2.05) is 26.8 Å². The molecule has 2 rings (SSSR count). The maximum Gasteiger partial charge on any atom is 0.317 e. The van der Waals surface area contributed by atoms with Crippen molar-refractivity contribution < 1.29 is 13.2 Å². The van der Waals surface area contributed by atoms with Gasteiger partial charge < -0.3 is 10.2 Å². The van der Waals surface area contributed by atoms with Crippen molar-refractivity contribution >= 4 is 27.4 Å². The van der Waals surface area contributed by atoms with Crippen LogP contribution in [0.3, 0.4) is 0 Å². The zero-order valence-corrected chi connectivity index (χ0v) is 14.8. The van der Waals surface area contributed by atoms with Crippen LogP contribution in [0.5, 0.6) is 0 Å². The molecular formula is C14H23N3O3S2. The van der Waals surface area contributed by atoms with Gasteiger partial charge in [-0.05, 0) is 32.4 Å². The number of hydrogen-bond donors (Lipinski definition) is 1. The lowest BCUT2D eigenvalue weighted by atomic mass is 10.3. The largest absolute Gasteiger partial charge is 0.336 e. The first kappa shape index (κ1) is 17.2. The van der Waals surface area contributed by atoms with Crippen molar-refractivity contribution in [2.45, 2.75) is 37.4 Å². The van der Waals surface area contributed by atoms with E-state index in [1.165, 1.54) is 15.6 Å². The number of carbonyl (C=O) groups excluding carboxylic acids is 1. The Balaban J connectivity index is 2.00. The highest BCUT2D eigenvalue weighted by atomic mass is 32.2. The van der Waals surface area contributed by atoms with Gasteiger partial charge in [0.05, 0.1) is 0 Å². The Morgan fingerprint density at radius 3 is 2.41 bits per heavy atom. The highest BCUT2D eigenvalue weighted by molar-refractivity contribution is 7.91. The third-order valence-electron chi connectivity index (χ3n) is 3.52. The molecule has 0 saturated carbocycles. The highest BCUT2D eigenvalue weighted by Gasteiger charge is 2.31. The topological polar surface area (TPSA) is 69.7 Å². The SMILES string of the molecule is CCc1ccc(S(=O)(=O)N2CCN(C(=O)NC(C)C)CC2)s1. The van der Waals surface area contributed by atoms with Gasteiger partial charge in [0.25, 0.3) is 10.0 Å². The molecule has 1 aromatic rings. The standard InChI is InChI=1S/C14H23N3O3S2/c1-4-12-5-6-13(21-12)22(19,20)17-9-7-16(8-10-17)14(18)15-11(2)3/h5-6,11H,4,7-10H2,1-3H3,(H,15,18). The molecule has 1 fully saturated rings. The molecular weight excluding hydrogens is 322 g/mol. The van der Waals surface area contributed by atoms with Gasteiger partial charge in [0, 0.05) is 37.1 Å². The second-order valence-electron chi connectivity index (χ2n) is 5.57. The fraction of sp³-hybridized carbons (Fsp3) is 0.643. The quantitative estimate of drug-likeness (QED) is 0.903. The Morgan fingerprint density at radius 1 is 1.27 bits per heavy atom. The molecule has 1 aliphatic heterocycles. The fourth-order valence-electron chi connectivity index (χ4n) is 2.28. The van der Waals surface area contributed by atoms with E-state index < -0.39 is 10.0 Å². The normalized spacial score (nSPS) is 17.0. The summed E-state index contributed by atoms with van der Waals surface area (Å²) in [5, 5.41) is 2.83. The minimum Gasteiger partial charge on any atom is -0.336 e. The van der Waals surface area contributed by atoms with E-state index in [1.54, 1.807) is 11.0 Å². The van der Waals surface area contributed by atoms with Gasteiger partial charge in [-0.15, -0.1) is 11.3 Å². The van der Waals surface area contributed by atoms with Crippen molar-refractivity contribution in [3.05, 3.63) is 17.0 Å². The second-order valence-corrected chi connectivity index (χ2v) is 8.90. The fourth-order valence-corrected chi connectivity index (χ4v) is 5.16. The first-order chi connectivity index (χ1) is 10.3. The summed E-state index contributed by atoms with van der Waals surface area (Å²) in [6.07, 6.45) is 0.837. The molecule has 0 atom stereocenters. The summed E-state index contributed by atoms with van der Waals surface area (Å²) in [5.74, 6) is 0. The number of aryl methyl sites for hydroxylation is 1. The summed E-state index contributed by atoms with van der Waals surface area (Å²) >= 11 is 1.33. The minimum absolute atomic E-state index is 0.0767. The number of piperazine rings is 1. The first-order valence-corrected chi connectivity index (χ1v) is 9.74. The molecule has 1 saturated heterocycles. The van der Waals surface area contributed by atoms with E-state index in [4.69, 9.17) is 0 Å². The van der Waals surface area contributed by atoms with Crippen LogP contribution in [0, 0.1) is 0 Å². The summed E-state index contributed by atoms with van der Waals surface area (Å²) in [7, 11) is -3.43. The summed E-state index contributed by atoms with van der Waals surface area (Å²) in [5.41, 5.74) is 0. The number of urea groups is 1. The molecule has 6 nitrogen and oxygen atoms in total. The molecule has 0 spiro atoms. The van der Waals surface area contributed by atoms with Crippen molar-refractivity contribution in [2.24, 2.45) is 0 Å². The molecule has 8 heteroatoms. The number of nitrogens with one attached hydrogen (secondary N) is 1. The van der Waals surface area contributed by atoms with Gasteiger partial charge >= 0.3 is 6.03 Å². The van der Waals surface area contributed by atoms with Crippen LogP contribution in [0.1, 0.15) is 25.6 Å². The third kappa shape index (κ3) is 3.80. The monoisotopic (exact) mass is 345 g/mol. The predicted octanol–water partition coefficient (Wildman–Crippen LogP) is 1.73. The first-order valence-electron chi connectivity index (χ1n) is 7.49. The van der Waals surface area contributed by atoms with Gasteiger partial charge in [-0.2, -0.15) is 4.31 Å². The minimum atomic E-state index is -3.43. The number of rotatable bonds is 4. The number of sulfonamides is 1. The molecule has 1 N–H and O–H groups in total. The van der Waals surface area contributed by atoms with Gasteiger partial charge in [-0.3, -0.25) is 0 Å². The third-order valence-corrected chi connectivity index (χ3v) is 7.11. The summed E-state index contributed by atoms with van der Waals surface area (Å²) in [4.78, 5) is 14.7. The lowest BCUT2D eigenvalue weighted by Gasteiger charge is -2.34. The molecule has 22 heavy (non-hydrogen) atoms. The van der Waals surface area contributed by atoms with Crippen molar-refractivity contribution in [3.8, 4) is 0 Å². The average molecular weight is 345 g/mol. The van der Waals surface area contributed by atoms with E-state index >= 15 is 0 Å². The van der Waals surface area contributed by atoms with Gasteiger partial charge in [-0.1, -0.05) is 6.92 Å². The molecule has 2 amide bonds. The van der Waals surface area contributed by atoms with E-state index in [0.717, 1.165) is 11.3 Å². The number of nitrogens with zero attached hydrogens (tertiary/aromatic N) is 2. The average Bonchev–Trinajstić information content (AvgIpc) is 2.96. The summed E-state index contributed by atoms with van der Waals surface area (Å²) in [6.45, 7) is 7.34. The van der Waals surface area contributed by atoms with Crippen molar-refractivity contribution in [1.82, 2.24) is 14.5 Å². The molecule has 1 aromatic heterocycles. The molecule has 0 unspecified atom stereocenters. The van der Waals surface area contributed by atoms with Crippen molar-refractivity contribution in [1.29, 1.82) is 0 Å². The molecule has 0 radical (unpaired) electrons. The Hall–Kier alpha value is -1.12. The van der Waals surface area contributed by atoms with Gasteiger partial charge in [0.2, 0.25) is 0 Å². The van der Waals surface area contributed by atoms with Crippen LogP contribution in [-0.4, -0.2) is 55.9 Å². The lowest BCUT2D eigenvalue weighted by Crippen LogP contribution is -2.53. The van der Waals surface area contributed by atoms with Gasteiger partial charge in [0.1, 0.15) is 4.21 Å². The van der Waals surface area contributed by atoms with E-state index in [9.17, 15) is 13.2 Å². The van der Waals surface area contributed by atoms with Crippen LogP contribution in [-0.2, 0) is 16.4 Å². The highest BCUT2D eigenvalue weighted by Crippen LogP contribution is 2.26. The molecule has 0 aromatic carbocycles. The molecule has 0 aliphatic carbocycles. The number of carbonyl (C=O) groups is 1. The molecule has 2 heterocycles. The zero-order valence-electron chi connectivity index (χ0n) is 13.2. The van der Waals surface area contributed by atoms with Crippen LogP contribution in [0.15, 0.2) is 16.3 Å². The molecule has 1 aliphatic rings. The zero-order chi connectivity index (χ0) is 16.3. The van der Waals surface area contributed by atoms with Crippen LogP contribution < -0.4 is 5.32 Å². The number of hydrogen-bond acceptors (Lipinski definition) is 4. The Labute approximate surface area is 136 Å². The van der Waals surface area contributed by atoms with Crippen LogP contribution in [0.4, 0.5) is 4.79 Å². The Bertz CT molecular complexity index is 617. The van der Waals surface area contributed by atoms with Gasteiger partial charge in [0.15, 0.2) is 0 Å². The maximum atomic E-state index is 12.6. The Kier molecular flexibility index (Phi) is 5.46. The predicted molar refractivity (Wildman–Crippen MR) is 87.7 cm³/mol. The van der Waals surface area contributed by atoms with E-state index in [2.05, 4.69) is 5.32 Å². The van der Waals surface area contributed by atoms with Crippen LogP contribution >= 0.6 is 11.3 Å². The van der Waals surface area contributed by atoms with E-state index in [-0.39, 0.29) is 12.1 Å². The van der Waals surface area contributed by atoms with Crippen molar-refractivity contribution in [2.75, 3.05) is 26.2 Å². The molecule has 0 bridgehead atoms. The van der Waals surface area contributed by atoms with Gasteiger partial charge in [-0.25, -0.2) is 13.2 Å². The smallest absolute Gasteiger partial charge is 0.317 e. The Morgan fingerprint density at radius 2 is 1.91 bits per heavy atom. The lowest BCUT2D eigenvalue weighted by molar-refractivity contribution is 0.170. The van der Waals surface area contributed by atoms with Crippen LogP contribution in [0.25, 0.3) is 0 Å². The summed E-state index contributed by atoms with van der Waals surface area (Å²) in [6, 6.07) is 3.49. The van der Waals surface area contributed by atoms with Crippen molar-refractivity contribution in [3.63, 3.8) is 0 Å². The van der Waals surface area contributed by atoms with E-state index in [0.29, 0.717) is 30.4 Å². The summed E-state index contributed by atoms with van der Waals surface area (Å²) < 4.78 is 27.0. The number of amides is 2. The maximum absolute atomic E-state index is 12.6. The second kappa shape index (κ2) is 6.97. The number of thiophene rings is 1.